The molecule has 1 aromatic heterocycles. The van der Waals surface area contributed by atoms with Crippen LogP contribution in [0.15, 0.2) is 70.9 Å². The first-order valence-electron chi connectivity index (χ1n) is 8.63. The second kappa shape index (κ2) is 9.78. The number of carbonyl (C=O) groups is 2. The molecule has 0 spiro atoms. The molecule has 0 aliphatic carbocycles. The third-order valence-corrected chi connectivity index (χ3v) is 6.14. The summed E-state index contributed by atoms with van der Waals surface area (Å²) in [6, 6.07) is 18.3. The smallest absolute Gasteiger partial charge is 0.268 e. The lowest BCUT2D eigenvalue weighted by molar-refractivity contribution is 0.0956. The van der Waals surface area contributed by atoms with Gasteiger partial charge in [-0.15, -0.1) is 23.1 Å². The fourth-order valence-electron chi connectivity index (χ4n) is 2.59. The van der Waals surface area contributed by atoms with Crippen LogP contribution in [0.2, 0.25) is 5.02 Å². The van der Waals surface area contributed by atoms with Crippen molar-refractivity contribution in [2.24, 2.45) is 0 Å². The van der Waals surface area contributed by atoms with E-state index in [9.17, 15) is 9.59 Å². The zero-order chi connectivity index (χ0) is 19.9. The summed E-state index contributed by atoms with van der Waals surface area (Å²) >= 11 is 8.91. The average molecular weight is 431 g/mol. The Bertz CT molecular complexity index is 943. The van der Waals surface area contributed by atoms with Crippen LogP contribution in [0.5, 0.6) is 0 Å². The number of hydrogen-bond donors (Lipinski definition) is 1. The summed E-state index contributed by atoms with van der Waals surface area (Å²) in [6.45, 7) is 0.517. The van der Waals surface area contributed by atoms with Gasteiger partial charge in [0.2, 0.25) is 0 Å². The van der Waals surface area contributed by atoms with Crippen LogP contribution in [0.4, 0.5) is 5.69 Å². The van der Waals surface area contributed by atoms with Gasteiger partial charge in [-0.1, -0.05) is 29.8 Å². The zero-order valence-electron chi connectivity index (χ0n) is 15.2. The highest BCUT2D eigenvalue weighted by atomic mass is 35.5. The lowest BCUT2D eigenvalue weighted by Gasteiger charge is -2.19. The zero-order valence-corrected chi connectivity index (χ0v) is 17.6. The Morgan fingerprint density at radius 3 is 2.54 bits per heavy atom. The summed E-state index contributed by atoms with van der Waals surface area (Å²) in [4.78, 5) is 28.5. The second-order valence-corrected chi connectivity index (χ2v) is 8.47. The van der Waals surface area contributed by atoms with Gasteiger partial charge in [0.05, 0.1) is 16.1 Å². The Labute approximate surface area is 177 Å². The Balaban J connectivity index is 1.60. The highest BCUT2D eigenvalue weighted by molar-refractivity contribution is 7.99. The third kappa shape index (κ3) is 5.16. The minimum Gasteiger partial charge on any atom is -0.351 e. The molecular formula is C21H19ClN2O2S2. The van der Waals surface area contributed by atoms with E-state index in [1.165, 1.54) is 16.2 Å². The minimum absolute atomic E-state index is 0.131. The molecule has 2 aromatic carbocycles. The van der Waals surface area contributed by atoms with E-state index in [4.69, 9.17) is 11.6 Å². The van der Waals surface area contributed by atoms with Crippen LogP contribution in [0, 0.1) is 0 Å². The standard InChI is InChI=1S/C21H19ClN2O2S2/c1-24(21(26)19-7-4-13-28-19)18-6-3-2-5-17(18)20(25)23-12-14-27-16-10-8-15(22)9-11-16/h2-11,13H,12,14H2,1H3,(H,23,25). The molecule has 0 fully saturated rings. The number of anilines is 1. The molecule has 0 saturated heterocycles. The quantitative estimate of drug-likeness (QED) is 0.414. The van der Waals surface area contributed by atoms with Crippen molar-refractivity contribution in [2.45, 2.75) is 4.90 Å². The minimum atomic E-state index is -0.196. The van der Waals surface area contributed by atoms with Crippen molar-refractivity contribution in [3.8, 4) is 0 Å². The maximum absolute atomic E-state index is 12.7. The first kappa shape index (κ1) is 20.5. The Morgan fingerprint density at radius 1 is 1.07 bits per heavy atom. The van der Waals surface area contributed by atoms with Crippen molar-refractivity contribution < 1.29 is 9.59 Å². The van der Waals surface area contributed by atoms with E-state index in [2.05, 4.69) is 5.32 Å². The van der Waals surface area contributed by atoms with E-state index >= 15 is 0 Å². The molecule has 0 unspecified atom stereocenters. The lowest BCUT2D eigenvalue weighted by Crippen LogP contribution is -2.31. The van der Waals surface area contributed by atoms with Gasteiger partial charge >= 0.3 is 0 Å². The van der Waals surface area contributed by atoms with E-state index in [-0.39, 0.29) is 11.8 Å². The molecule has 0 radical (unpaired) electrons. The van der Waals surface area contributed by atoms with Gasteiger partial charge in [0, 0.05) is 29.3 Å². The number of benzene rings is 2. The molecule has 1 heterocycles. The van der Waals surface area contributed by atoms with Crippen molar-refractivity contribution in [3.63, 3.8) is 0 Å². The molecule has 0 saturated carbocycles. The number of thiophene rings is 1. The molecule has 4 nitrogen and oxygen atoms in total. The van der Waals surface area contributed by atoms with E-state index in [0.29, 0.717) is 27.7 Å². The Hall–Kier alpha value is -2.28. The summed E-state index contributed by atoms with van der Waals surface area (Å²) in [5, 5.41) is 5.49. The largest absolute Gasteiger partial charge is 0.351 e. The van der Waals surface area contributed by atoms with Gasteiger partial charge in [-0.05, 0) is 47.8 Å². The van der Waals surface area contributed by atoms with Crippen molar-refractivity contribution >= 4 is 52.2 Å². The number of hydrogen-bond acceptors (Lipinski definition) is 4. The van der Waals surface area contributed by atoms with Gasteiger partial charge in [-0.3, -0.25) is 9.59 Å². The highest BCUT2D eigenvalue weighted by Crippen LogP contribution is 2.23. The molecule has 28 heavy (non-hydrogen) atoms. The van der Waals surface area contributed by atoms with Gasteiger partial charge in [-0.25, -0.2) is 0 Å². The fourth-order valence-corrected chi connectivity index (χ4v) is 4.19. The average Bonchev–Trinajstić information content (AvgIpc) is 3.26. The van der Waals surface area contributed by atoms with Gasteiger partial charge in [0.15, 0.2) is 0 Å². The first-order chi connectivity index (χ1) is 13.6. The molecule has 0 bridgehead atoms. The second-order valence-electron chi connectivity index (χ2n) is 5.92. The fraction of sp³-hybridized carbons (Fsp3) is 0.143. The highest BCUT2D eigenvalue weighted by Gasteiger charge is 2.19. The number of carbonyl (C=O) groups excluding carboxylic acids is 2. The monoisotopic (exact) mass is 430 g/mol. The van der Waals surface area contributed by atoms with Crippen molar-refractivity contribution in [3.05, 3.63) is 81.5 Å². The summed E-state index contributed by atoms with van der Waals surface area (Å²) in [7, 11) is 1.69. The molecule has 7 heteroatoms. The number of thioether (sulfide) groups is 1. The van der Waals surface area contributed by atoms with Gasteiger partial charge in [0.1, 0.15) is 0 Å². The summed E-state index contributed by atoms with van der Waals surface area (Å²) in [5.74, 6) is 0.408. The topological polar surface area (TPSA) is 49.4 Å². The Morgan fingerprint density at radius 2 is 1.82 bits per heavy atom. The number of amides is 2. The molecular weight excluding hydrogens is 412 g/mol. The van der Waals surface area contributed by atoms with Crippen LogP contribution in [-0.4, -0.2) is 31.2 Å². The van der Waals surface area contributed by atoms with Crippen LogP contribution >= 0.6 is 34.7 Å². The summed E-state index contributed by atoms with van der Waals surface area (Å²) < 4.78 is 0. The first-order valence-corrected chi connectivity index (χ1v) is 10.9. The molecule has 0 aliphatic heterocycles. The van der Waals surface area contributed by atoms with E-state index in [1.807, 2.05) is 41.8 Å². The van der Waals surface area contributed by atoms with E-state index in [1.54, 1.807) is 43.1 Å². The number of para-hydroxylation sites is 1. The number of rotatable bonds is 7. The molecule has 1 N–H and O–H groups in total. The van der Waals surface area contributed by atoms with E-state index < -0.39 is 0 Å². The summed E-state index contributed by atoms with van der Waals surface area (Å²) in [6.07, 6.45) is 0. The molecule has 0 aliphatic rings. The normalized spacial score (nSPS) is 10.5. The van der Waals surface area contributed by atoms with Crippen LogP contribution < -0.4 is 10.2 Å². The van der Waals surface area contributed by atoms with Crippen molar-refractivity contribution in [2.75, 3.05) is 24.2 Å². The van der Waals surface area contributed by atoms with E-state index in [0.717, 1.165) is 10.6 Å². The van der Waals surface area contributed by atoms with Crippen LogP contribution in [-0.2, 0) is 0 Å². The van der Waals surface area contributed by atoms with Crippen molar-refractivity contribution in [1.29, 1.82) is 0 Å². The van der Waals surface area contributed by atoms with Crippen LogP contribution in [0.3, 0.4) is 0 Å². The Kier molecular flexibility index (Phi) is 7.14. The lowest BCUT2D eigenvalue weighted by atomic mass is 10.1. The van der Waals surface area contributed by atoms with Gasteiger partial charge in [0.25, 0.3) is 11.8 Å². The molecule has 3 aromatic rings. The third-order valence-electron chi connectivity index (χ3n) is 4.02. The van der Waals surface area contributed by atoms with Crippen LogP contribution in [0.1, 0.15) is 20.0 Å². The molecule has 0 atom stereocenters. The maximum Gasteiger partial charge on any atom is 0.268 e. The van der Waals surface area contributed by atoms with Crippen LogP contribution in [0.25, 0.3) is 0 Å². The molecule has 144 valence electrons. The SMILES string of the molecule is CN(C(=O)c1cccs1)c1ccccc1C(=O)NCCSc1ccc(Cl)cc1. The molecule has 3 rings (SSSR count). The van der Waals surface area contributed by atoms with Gasteiger partial charge < -0.3 is 10.2 Å². The summed E-state index contributed by atoms with van der Waals surface area (Å²) in [5.41, 5.74) is 1.06. The number of nitrogens with one attached hydrogen (secondary N) is 1. The van der Waals surface area contributed by atoms with Crippen molar-refractivity contribution in [1.82, 2.24) is 5.32 Å². The molecule has 2 amide bonds. The number of nitrogens with zero attached hydrogens (tertiary/aromatic N) is 1. The number of halogens is 1. The predicted octanol–water partition coefficient (Wildman–Crippen LogP) is 5.20. The predicted molar refractivity (Wildman–Crippen MR) is 118 cm³/mol. The maximum atomic E-state index is 12.7. The van der Waals surface area contributed by atoms with Gasteiger partial charge in [-0.2, -0.15) is 0 Å².